The van der Waals surface area contributed by atoms with Gasteiger partial charge in [-0.25, -0.2) is 0 Å². The van der Waals surface area contributed by atoms with Crippen LogP contribution in [0.4, 0.5) is 0 Å². The quantitative estimate of drug-likeness (QED) is 0.508. The number of hydrogen-bond acceptors (Lipinski definition) is 2. The molecule has 3 heteroatoms. The summed E-state index contributed by atoms with van der Waals surface area (Å²) in [6.45, 7) is 4.93. The summed E-state index contributed by atoms with van der Waals surface area (Å²) < 4.78 is 3.71. The summed E-state index contributed by atoms with van der Waals surface area (Å²) in [7, 11) is 0. The Kier molecular flexibility index (Phi) is 3.95. The molecule has 0 radical (unpaired) electrons. The van der Waals surface area contributed by atoms with Gasteiger partial charge in [0.1, 0.15) is 0 Å². The molecular weight excluding hydrogens is 365 g/mol. The summed E-state index contributed by atoms with van der Waals surface area (Å²) in [6.07, 6.45) is 4.01. The minimum absolute atomic E-state index is 1.32. The van der Waals surface area contributed by atoms with Gasteiger partial charge in [-0.15, -0.1) is 0 Å². The number of rotatable bonds is 4. The molecule has 0 N–H and O–H groups in total. The Labute approximate surface area is 143 Å². The molecule has 0 atom stereocenters. The van der Waals surface area contributed by atoms with Gasteiger partial charge in [-0.3, -0.25) is 0 Å². The molecule has 1 saturated carbocycles. The fourth-order valence-electron chi connectivity index (χ4n) is 4.57. The summed E-state index contributed by atoms with van der Waals surface area (Å²) in [5.41, 5.74) is 3.55. The van der Waals surface area contributed by atoms with Crippen LogP contribution in [0, 0.1) is 0 Å². The molecule has 1 aliphatic heterocycles. The van der Waals surface area contributed by atoms with Crippen LogP contribution in [0.1, 0.15) is 42.9 Å². The van der Waals surface area contributed by atoms with E-state index in [-0.39, 0.29) is 0 Å². The second-order valence-corrected chi connectivity index (χ2v) is 17.8. The van der Waals surface area contributed by atoms with E-state index < -0.39 is 13.3 Å². The van der Waals surface area contributed by atoms with Crippen molar-refractivity contribution in [3.8, 4) is 0 Å². The molecule has 2 aromatic heterocycles. The van der Waals surface area contributed by atoms with Crippen LogP contribution in [0.15, 0.2) is 46.2 Å². The van der Waals surface area contributed by atoms with Crippen LogP contribution >= 0.6 is 22.7 Å². The normalized spacial score (nSPS) is 20.1. The zero-order chi connectivity index (χ0) is 15.2. The number of hydrogen-bond donors (Lipinski definition) is 0. The standard InChI is InChI=1S/C19H22GeS2/c1-3-20(4-2)18(16-10-6-12-21-16)14-8-5-9-15(14)19(20)17-11-7-13-22-17/h6-7,10-13H,3-5,8-9H2,1-2H3. The Balaban J connectivity index is 1.99. The maximum absolute atomic E-state index is 2.47. The monoisotopic (exact) mass is 388 g/mol. The molecule has 0 unspecified atom stereocenters. The van der Waals surface area contributed by atoms with Crippen molar-refractivity contribution in [2.45, 2.75) is 43.6 Å². The predicted molar refractivity (Wildman–Crippen MR) is 103 cm³/mol. The second-order valence-electron chi connectivity index (χ2n) is 6.30. The van der Waals surface area contributed by atoms with Gasteiger partial charge in [-0.05, 0) is 0 Å². The van der Waals surface area contributed by atoms with Crippen molar-refractivity contribution >= 4 is 44.8 Å². The molecule has 0 aromatic carbocycles. The van der Waals surface area contributed by atoms with Gasteiger partial charge < -0.3 is 0 Å². The van der Waals surface area contributed by atoms with Crippen molar-refractivity contribution in [3.05, 3.63) is 55.9 Å². The second kappa shape index (κ2) is 5.81. The van der Waals surface area contributed by atoms with Gasteiger partial charge in [0, 0.05) is 0 Å². The minimum atomic E-state index is -2.19. The van der Waals surface area contributed by atoms with Crippen molar-refractivity contribution in [2.75, 3.05) is 0 Å². The molecule has 1 fully saturated rings. The average Bonchev–Trinajstić information content (AvgIpc) is 3.29. The molecule has 0 bridgehead atoms. The van der Waals surface area contributed by atoms with E-state index in [1.54, 1.807) is 20.9 Å². The van der Waals surface area contributed by atoms with Gasteiger partial charge in [0.25, 0.3) is 0 Å². The molecule has 0 nitrogen and oxygen atoms in total. The molecule has 0 saturated heterocycles. The van der Waals surface area contributed by atoms with Crippen LogP contribution in [0.5, 0.6) is 0 Å². The summed E-state index contributed by atoms with van der Waals surface area (Å²) in [6, 6.07) is 9.24. The summed E-state index contributed by atoms with van der Waals surface area (Å²) in [5, 5.41) is 7.31. The zero-order valence-corrected chi connectivity index (χ0v) is 17.0. The molecule has 0 spiro atoms. The average molecular weight is 387 g/mol. The van der Waals surface area contributed by atoms with Crippen molar-refractivity contribution in [1.82, 2.24) is 0 Å². The van der Waals surface area contributed by atoms with E-state index >= 15 is 0 Å². The van der Waals surface area contributed by atoms with E-state index in [0.29, 0.717) is 0 Å². The maximum atomic E-state index is 2.47. The third-order valence-corrected chi connectivity index (χ3v) is 19.5. The summed E-state index contributed by atoms with van der Waals surface area (Å²) in [5.74, 6) is 0. The van der Waals surface area contributed by atoms with E-state index in [2.05, 4.69) is 48.9 Å². The Morgan fingerprint density at radius 1 is 0.864 bits per heavy atom. The van der Waals surface area contributed by atoms with Gasteiger partial charge in [0.05, 0.1) is 0 Å². The Bertz CT molecular complexity index is 668. The molecule has 4 rings (SSSR count). The molecule has 114 valence electrons. The molecule has 3 heterocycles. The van der Waals surface area contributed by atoms with Gasteiger partial charge in [0.2, 0.25) is 0 Å². The Morgan fingerprint density at radius 2 is 1.36 bits per heavy atom. The number of allylic oxidation sites excluding steroid dienone is 2. The Morgan fingerprint density at radius 3 is 1.73 bits per heavy atom. The molecule has 22 heavy (non-hydrogen) atoms. The first-order valence-corrected chi connectivity index (χ1v) is 15.2. The summed E-state index contributed by atoms with van der Waals surface area (Å²) in [4.78, 5) is 3.18. The van der Waals surface area contributed by atoms with Crippen LogP contribution in [-0.2, 0) is 0 Å². The third kappa shape index (κ3) is 2.00. The molecule has 0 amide bonds. The molecular formula is C19H22GeS2. The first-order chi connectivity index (χ1) is 10.8. The molecule has 2 aliphatic rings. The third-order valence-electron chi connectivity index (χ3n) is 5.52. The van der Waals surface area contributed by atoms with Crippen molar-refractivity contribution in [1.29, 1.82) is 0 Å². The number of thiophene rings is 2. The van der Waals surface area contributed by atoms with E-state index in [9.17, 15) is 0 Å². The zero-order valence-electron chi connectivity index (χ0n) is 13.3. The van der Waals surface area contributed by atoms with Crippen molar-refractivity contribution < 1.29 is 0 Å². The van der Waals surface area contributed by atoms with Crippen LogP contribution < -0.4 is 0 Å². The van der Waals surface area contributed by atoms with Gasteiger partial charge >= 0.3 is 144 Å². The Hall–Kier alpha value is -0.577. The number of fused-ring (bicyclic) bond motifs is 1. The van der Waals surface area contributed by atoms with Crippen LogP contribution in [0.2, 0.25) is 10.5 Å². The van der Waals surface area contributed by atoms with Crippen LogP contribution in [-0.4, -0.2) is 13.3 Å². The van der Waals surface area contributed by atoms with Crippen molar-refractivity contribution in [2.24, 2.45) is 0 Å². The van der Waals surface area contributed by atoms with Gasteiger partial charge in [0.15, 0.2) is 0 Å². The fourth-order valence-corrected chi connectivity index (χ4v) is 19.2. The SMILES string of the molecule is C[CH2][Ge]1([CH2]C)[C](c2cccs2)=C2CCCC2=[C]1c1cccs1. The van der Waals surface area contributed by atoms with E-state index in [1.165, 1.54) is 29.8 Å². The topological polar surface area (TPSA) is 0 Å². The first kappa shape index (κ1) is 15.0. The van der Waals surface area contributed by atoms with E-state index in [4.69, 9.17) is 0 Å². The van der Waals surface area contributed by atoms with Gasteiger partial charge in [-0.2, -0.15) is 0 Å². The molecule has 2 aromatic rings. The predicted octanol–water partition coefficient (Wildman–Crippen LogP) is 6.78. The van der Waals surface area contributed by atoms with E-state index in [1.807, 2.05) is 31.5 Å². The van der Waals surface area contributed by atoms with Gasteiger partial charge in [-0.1, -0.05) is 0 Å². The van der Waals surface area contributed by atoms with E-state index in [0.717, 1.165) is 0 Å². The summed E-state index contributed by atoms with van der Waals surface area (Å²) >= 11 is 1.74. The molecule has 1 aliphatic carbocycles. The van der Waals surface area contributed by atoms with Crippen LogP contribution in [0.3, 0.4) is 0 Å². The fraction of sp³-hybridized carbons (Fsp3) is 0.368. The van der Waals surface area contributed by atoms with Crippen LogP contribution in [0.25, 0.3) is 8.81 Å². The van der Waals surface area contributed by atoms with Crippen molar-refractivity contribution in [3.63, 3.8) is 0 Å². The first-order valence-electron chi connectivity index (χ1n) is 8.37.